The van der Waals surface area contributed by atoms with Crippen LogP contribution in [0.2, 0.25) is 0 Å². The average molecular weight is 1180 g/mol. The van der Waals surface area contributed by atoms with E-state index in [0.29, 0.717) is 35.8 Å². The highest BCUT2D eigenvalue weighted by Gasteiger charge is 2.50. The predicted octanol–water partition coefficient (Wildman–Crippen LogP) is 1.20. The Balaban J connectivity index is 0.693. The first-order valence-corrected chi connectivity index (χ1v) is 28.1. The number of phenolic OH excluding ortho intramolecular Hbond substituents is 1. The average Bonchev–Trinajstić information content (AvgIpc) is 2.46. The van der Waals surface area contributed by atoms with Crippen molar-refractivity contribution in [3.05, 3.63) is 119 Å². The fraction of sp³-hybridized carbons (Fsp3) is 0.340. The van der Waals surface area contributed by atoms with Crippen LogP contribution in [0.3, 0.4) is 0 Å². The number of nitrogens with zero attached hydrogens (tertiary/aromatic N) is 5. The molecule has 1 aliphatic carbocycles. The van der Waals surface area contributed by atoms with Crippen LogP contribution in [0.4, 0.5) is 5.82 Å². The van der Waals surface area contributed by atoms with Gasteiger partial charge in [0.05, 0.1) is 25.1 Å². The minimum atomic E-state index is -5.49. The maximum absolute atomic E-state index is 13.2. The van der Waals surface area contributed by atoms with E-state index in [1.807, 2.05) is 0 Å². The Hall–Kier alpha value is -7.67. The largest absolute Gasteiger partial charge is 0.508 e. The standard InChI is InChI=1S/C50H53N9O21P2/c51-44(67)26-5-4-16-58(20-26)48-42(65)40(63)35(78-48)21-75-81(71,72)80-82(73,74)76-22-36-41(64)43(66)49(79-36)59-24-57-39-45(55-23-56-46(39)59)53-15-14-52-37(62)6-2-1-3-13-54-47(68)25-7-10-29(32(17-25)50(69)70)38-30-11-8-27(60)18-33(30)77-34-19-28(61)9-12-31(34)38/h4-5,7-12,16-20,23-24,35-36,40-43,48-49,63-66H,1-3,6,13-15,21-22H2,(H8-,51,52,53,54,55,56,60,61,62,67,68,69,70,71,72,73,74)/p+1/t35-,36-,40-,41-,42-,43-,48-,49-/m1/s1. The minimum absolute atomic E-state index is 0.0436. The predicted molar refractivity (Wildman–Crippen MR) is 280 cm³/mol. The Bertz CT molecular complexity index is 3680. The lowest BCUT2D eigenvalue weighted by Gasteiger charge is -2.20. The second kappa shape index (κ2) is 24.8. The van der Waals surface area contributed by atoms with Crippen molar-refractivity contribution in [1.29, 1.82) is 0 Å². The molecule has 5 aromatic rings. The number of ether oxygens (including phenoxy) is 2. The summed E-state index contributed by atoms with van der Waals surface area (Å²) in [6.45, 7) is -1.32. The Morgan fingerprint density at radius 1 is 0.780 bits per heavy atom. The van der Waals surface area contributed by atoms with Crippen molar-refractivity contribution < 1.29 is 101 Å². The molecular weight excluding hydrogens is 1120 g/mol. The number of aromatic carboxylic acids is 1. The van der Waals surface area contributed by atoms with Crippen LogP contribution in [0.5, 0.6) is 5.75 Å². The van der Waals surface area contributed by atoms with E-state index in [2.05, 4.69) is 35.2 Å². The lowest BCUT2D eigenvalue weighted by Crippen LogP contribution is -2.46. The summed E-state index contributed by atoms with van der Waals surface area (Å²) in [6.07, 6.45) is -5.68. The van der Waals surface area contributed by atoms with Crippen molar-refractivity contribution in [2.45, 2.75) is 74.8 Å². The van der Waals surface area contributed by atoms with Crippen LogP contribution >= 0.6 is 15.6 Å². The molecule has 3 amide bonds. The smallest absolute Gasteiger partial charge is 0.481 e. The van der Waals surface area contributed by atoms with E-state index in [0.717, 1.165) is 0 Å². The Kier molecular flexibility index (Phi) is 17.8. The molecule has 3 aromatic heterocycles. The van der Waals surface area contributed by atoms with Gasteiger partial charge in [0.25, 0.3) is 18.0 Å². The molecule has 13 N–H and O–H groups in total. The maximum atomic E-state index is 13.2. The van der Waals surface area contributed by atoms with E-state index in [1.165, 1.54) is 94.8 Å². The van der Waals surface area contributed by atoms with Gasteiger partial charge in [-0.1, -0.05) is 12.5 Å². The van der Waals surface area contributed by atoms with E-state index in [-0.39, 0.29) is 93.7 Å². The van der Waals surface area contributed by atoms with E-state index in [4.69, 9.17) is 28.7 Å². The number of pyridine rings is 1. The summed E-state index contributed by atoms with van der Waals surface area (Å²) in [5, 5.41) is 72.2. The first-order valence-electron chi connectivity index (χ1n) is 25.1. The second-order valence-electron chi connectivity index (χ2n) is 18.9. The number of imidazole rings is 1. The van der Waals surface area contributed by atoms with Gasteiger partial charge in [-0.25, -0.2) is 28.9 Å². The zero-order chi connectivity index (χ0) is 58.6. The number of rotatable bonds is 24. The van der Waals surface area contributed by atoms with Crippen molar-refractivity contribution >= 4 is 67.3 Å². The maximum Gasteiger partial charge on any atom is 0.481 e. The van der Waals surface area contributed by atoms with Gasteiger partial charge >= 0.3 is 21.6 Å². The lowest BCUT2D eigenvalue weighted by molar-refractivity contribution is -0.765. The molecule has 0 saturated carbocycles. The monoisotopic (exact) mass is 1180 g/mol. The van der Waals surface area contributed by atoms with Crippen LogP contribution in [0.15, 0.2) is 101 Å². The number of aliphatic hydroxyl groups is 4. The summed E-state index contributed by atoms with van der Waals surface area (Å²) in [4.78, 5) is 95.4. The van der Waals surface area contributed by atoms with Crippen LogP contribution in [0.25, 0.3) is 44.6 Å². The van der Waals surface area contributed by atoms with Crippen molar-refractivity contribution in [2.24, 2.45) is 5.73 Å². The first-order chi connectivity index (χ1) is 39.1. The summed E-state index contributed by atoms with van der Waals surface area (Å²) >= 11 is 0. The summed E-state index contributed by atoms with van der Waals surface area (Å²) in [5.74, 6) is -2.52. The Labute approximate surface area is 462 Å². The van der Waals surface area contributed by atoms with Crippen molar-refractivity contribution in [3.8, 4) is 28.2 Å². The molecule has 4 aliphatic rings. The number of aromatic hydroxyl groups is 1. The molecule has 9 rings (SSSR count). The van der Waals surface area contributed by atoms with Crippen LogP contribution in [0.1, 0.15) is 69.2 Å². The quantitative estimate of drug-likeness (QED) is 0.0175. The number of primary amides is 1. The first kappa shape index (κ1) is 59.0. The summed E-state index contributed by atoms with van der Waals surface area (Å²) < 4.78 is 59.0. The number of carboxylic acid groups (broad SMARTS) is 1. The number of fused-ring (bicyclic) bond motifs is 3. The zero-order valence-electron chi connectivity index (χ0n) is 42.7. The van der Waals surface area contributed by atoms with E-state index >= 15 is 0 Å². The van der Waals surface area contributed by atoms with Crippen LogP contribution in [-0.2, 0) is 36.8 Å². The molecule has 82 heavy (non-hydrogen) atoms. The molecular formula is C50H54N9O21P2+. The number of nitrogens with one attached hydrogen (secondary N) is 3. The van der Waals surface area contributed by atoms with Gasteiger partial charge in [-0.05, 0) is 60.9 Å². The van der Waals surface area contributed by atoms with Gasteiger partial charge in [0.1, 0.15) is 59.5 Å². The lowest BCUT2D eigenvalue weighted by atomic mass is 9.90. The number of aromatic nitrogens is 5. The summed E-state index contributed by atoms with van der Waals surface area (Å²) in [6, 6.07) is 15.6. The number of aliphatic hydroxyl groups excluding tert-OH is 4. The number of nitrogens with two attached hydrogens (primary N) is 1. The van der Waals surface area contributed by atoms with Crippen LogP contribution < -0.4 is 31.7 Å². The third-order valence-corrected chi connectivity index (χ3v) is 15.9. The molecule has 0 spiro atoms. The molecule has 32 heteroatoms. The number of phosphoric ester groups is 2. The Morgan fingerprint density at radius 2 is 1.51 bits per heavy atom. The molecule has 2 unspecified atom stereocenters. The molecule has 10 atom stereocenters. The molecule has 2 saturated heterocycles. The number of hydrogen-bond donors (Lipinski definition) is 12. The van der Waals surface area contributed by atoms with Crippen molar-refractivity contribution in [3.63, 3.8) is 0 Å². The van der Waals surface area contributed by atoms with Gasteiger partial charge in [0, 0.05) is 66.3 Å². The number of phosphoric acid groups is 2. The second-order valence-corrected chi connectivity index (χ2v) is 21.9. The molecule has 30 nitrogen and oxygen atoms in total. The van der Waals surface area contributed by atoms with Gasteiger partial charge < -0.3 is 76.0 Å². The molecule has 434 valence electrons. The number of carboxylic acids is 1. The SMILES string of the molecule is NC(=O)c1ccc[n+]([C@@H]2O[C@H](COP(=O)(O)OP(=O)(O)OC[C@H]3O[C@@H](n4cnc5c(NCCNC(=O)CCCCCNC(=O)c6ccc(-c7c8ccc(=O)cc-8oc8cc(O)ccc78)c(C(=O)O)c6)ncnc54)[C@H](O)[C@@H]3O)[C@@H](O)[C@H]2O)c1. The number of carbonyl (C=O) groups is 4. The third-order valence-electron chi connectivity index (χ3n) is 13.3. The van der Waals surface area contributed by atoms with Gasteiger partial charge in [-0.2, -0.15) is 8.88 Å². The number of unbranched alkanes of at least 4 members (excludes halogenated alkanes) is 2. The highest BCUT2D eigenvalue weighted by molar-refractivity contribution is 7.61. The normalized spacial score (nSPS) is 22.2. The van der Waals surface area contributed by atoms with Gasteiger partial charge in [0.2, 0.25) is 5.91 Å². The van der Waals surface area contributed by atoms with Gasteiger partial charge in [-0.3, -0.25) is 32.8 Å². The number of benzene rings is 3. The molecule has 0 radical (unpaired) electrons. The number of hydrogen-bond acceptors (Lipinski definition) is 22. The molecule has 3 aliphatic heterocycles. The topological polar surface area (TPSA) is 450 Å². The highest BCUT2D eigenvalue weighted by Crippen LogP contribution is 2.61. The molecule has 0 bridgehead atoms. The van der Waals surface area contributed by atoms with Gasteiger partial charge in [0.15, 0.2) is 47.1 Å². The van der Waals surface area contributed by atoms with E-state index in [9.17, 15) is 73.5 Å². The molecule has 2 aromatic carbocycles. The van der Waals surface area contributed by atoms with Crippen molar-refractivity contribution in [2.75, 3.05) is 38.2 Å². The van der Waals surface area contributed by atoms with Gasteiger partial charge in [-0.15, -0.1) is 0 Å². The fourth-order valence-electron chi connectivity index (χ4n) is 9.28. The number of phenols is 1. The van der Waals surface area contributed by atoms with E-state index < -0.39 is 95.7 Å². The number of carbonyl (C=O) groups excluding carboxylic acids is 3. The molecule has 6 heterocycles. The number of amides is 3. The Morgan fingerprint density at radius 3 is 2.26 bits per heavy atom. The highest BCUT2D eigenvalue weighted by atomic mass is 31.3. The van der Waals surface area contributed by atoms with Crippen molar-refractivity contribution in [1.82, 2.24) is 30.2 Å². The zero-order valence-corrected chi connectivity index (χ0v) is 44.5. The minimum Gasteiger partial charge on any atom is -0.508 e. The summed E-state index contributed by atoms with van der Waals surface area (Å²) in [5.41, 5.74) is 6.63. The molecule has 2 fully saturated rings. The third kappa shape index (κ3) is 13.3. The number of anilines is 1. The van der Waals surface area contributed by atoms with Crippen LogP contribution in [-0.4, -0.2) is 153 Å². The van der Waals surface area contributed by atoms with Crippen LogP contribution in [0, 0.1) is 0 Å². The van der Waals surface area contributed by atoms with E-state index in [1.54, 1.807) is 6.07 Å². The summed E-state index contributed by atoms with van der Waals surface area (Å²) in [7, 11) is -11.0. The fourth-order valence-corrected chi connectivity index (χ4v) is 11.4.